The zero-order valence-corrected chi connectivity index (χ0v) is 13.1. The molecule has 0 aliphatic heterocycles. The van der Waals surface area contributed by atoms with Crippen LogP contribution in [-0.2, 0) is 24.8 Å². The number of anilines is 1. The number of sulfonamides is 2. The highest BCUT2D eigenvalue weighted by atomic mass is 32.3. The number of hydrogen-bond donors (Lipinski definition) is 1. The summed E-state index contributed by atoms with van der Waals surface area (Å²) in [6.07, 6.45) is 0. The minimum Gasteiger partial charge on any atom is -0.424 e. The highest BCUT2D eigenvalue weighted by molar-refractivity contribution is 8.12. The zero-order chi connectivity index (χ0) is 18.1. The van der Waals surface area contributed by atoms with Crippen molar-refractivity contribution in [3.05, 3.63) is 40.5 Å². The predicted octanol–water partition coefficient (Wildman–Crippen LogP) is 2.11. The van der Waals surface area contributed by atoms with Crippen LogP contribution in [0.5, 0.6) is 0 Å². The molecule has 1 N–H and O–H groups in total. The summed E-state index contributed by atoms with van der Waals surface area (Å²) >= 11 is 0. The fraction of sp³-hybridized carbons (Fsp3) is 0.182. The molecular weight excluding hydrogens is 361 g/mol. The van der Waals surface area contributed by atoms with Gasteiger partial charge in [-0.25, -0.2) is 16.8 Å². The normalized spacial score (nSPS) is 12.7. The number of rotatable bonds is 5. The second kappa shape index (κ2) is 6.29. The van der Waals surface area contributed by atoms with Gasteiger partial charge in [0.15, 0.2) is 10.0 Å². The molecule has 1 aromatic carbocycles. The summed E-state index contributed by atoms with van der Waals surface area (Å²) in [4.78, 5) is 10.6. The fourth-order valence-corrected chi connectivity index (χ4v) is 3.36. The Kier molecular flexibility index (Phi) is 5.23. The van der Waals surface area contributed by atoms with Crippen molar-refractivity contribution in [1.29, 1.82) is 0 Å². The summed E-state index contributed by atoms with van der Waals surface area (Å²) in [6.45, 7) is 4.80. The molecule has 0 spiro atoms. The molecule has 23 heavy (non-hydrogen) atoms. The lowest BCUT2D eigenvalue weighted by atomic mass is 10.3. The minimum atomic E-state index is -6.19. The first kappa shape index (κ1) is 19.1. The monoisotopic (exact) mass is 371 g/mol. The third kappa shape index (κ3) is 4.77. The van der Waals surface area contributed by atoms with Crippen LogP contribution in [0.15, 0.2) is 41.3 Å². The summed E-state index contributed by atoms with van der Waals surface area (Å²) in [5.74, 6) is -0.551. The van der Waals surface area contributed by atoms with Gasteiger partial charge in [-0.05, 0) is 31.2 Å². The van der Waals surface area contributed by atoms with Gasteiger partial charge in [0.25, 0.3) is 5.91 Å². The fourth-order valence-electron chi connectivity index (χ4n) is 1.16. The van der Waals surface area contributed by atoms with E-state index in [2.05, 4.69) is 11.9 Å². The van der Waals surface area contributed by atoms with E-state index < -0.39 is 36.4 Å². The molecule has 0 aromatic heterocycles. The average molecular weight is 371 g/mol. The molecule has 0 atom stereocenters. The topological polar surface area (TPSA) is 111 Å². The van der Waals surface area contributed by atoms with Crippen LogP contribution in [0.2, 0.25) is 0 Å². The van der Waals surface area contributed by atoms with Gasteiger partial charge in [0, 0.05) is 16.2 Å². The van der Waals surface area contributed by atoms with Crippen LogP contribution in [-0.4, -0.2) is 28.3 Å². The van der Waals surface area contributed by atoms with Gasteiger partial charge in [0.05, 0.1) is 0 Å². The lowest BCUT2D eigenvalue weighted by Gasteiger charge is -2.22. The Labute approximate surface area is 130 Å². The minimum absolute atomic E-state index is 0.135. The maximum atomic E-state index is 12.2. The highest BCUT2D eigenvalue weighted by Gasteiger charge is 2.40. The van der Waals surface area contributed by atoms with Gasteiger partial charge in [-0.1, -0.05) is 6.58 Å². The molecule has 0 heterocycles. The van der Waals surface area contributed by atoms with Gasteiger partial charge >= 0.3 is 5.51 Å². The van der Waals surface area contributed by atoms with Crippen molar-refractivity contribution in [2.24, 2.45) is 0 Å². The van der Waals surface area contributed by atoms with Crippen molar-refractivity contribution < 1.29 is 34.8 Å². The van der Waals surface area contributed by atoms with Gasteiger partial charge < -0.3 is 9.44 Å². The predicted molar refractivity (Wildman–Crippen MR) is 75.4 cm³/mol. The Morgan fingerprint density at radius 3 is 2.00 bits per heavy atom. The molecule has 0 radical (unpaired) electrons. The molecule has 12 heteroatoms. The first-order valence-corrected chi connectivity index (χ1v) is 8.52. The first-order valence-electron chi connectivity index (χ1n) is 5.64. The number of halogens is 3. The molecule has 1 rings (SSSR count). The summed E-state index contributed by atoms with van der Waals surface area (Å²) < 4.78 is 83.2. The van der Waals surface area contributed by atoms with Crippen LogP contribution in [0.25, 0.3) is 4.13 Å². The van der Waals surface area contributed by atoms with E-state index >= 15 is 0 Å². The van der Waals surface area contributed by atoms with Crippen molar-refractivity contribution >= 4 is 31.6 Å². The maximum absolute atomic E-state index is 12.2. The second-order valence-electron chi connectivity index (χ2n) is 4.23. The first-order chi connectivity index (χ1) is 10.3. The van der Waals surface area contributed by atoms with Crippen molar-refractivity contribution in [1.82, 2.24) is 0 Å². The molecule has 1 aromatic rings. The van der Waals surface area contributed by atoms with Gasteiger partial charge in [0.2, 0.25) is 0 Å². The Bertz CT molecular complexity index is 827. The number of amides is 1. The van der Waals surface area contributed by atoms with Crippen LogP contribution < -0.4 is 5.32 Å². The van der Waals surface area contributed by atoms with E-state index in [4.69, 9.17) is 0 Å². The summed E-state index contributed by atoms with van der Waals surface area (Å²) in [5.41, 5.74) is -5.52. The molecule has 0 unspecified atom stereocenters. The van der Waals surface area contributed by atoms with E-state index in [9.17, 15) is 34.8 Å². The van der Waals surface area contributed by atoms with Crippen molar-refractivity contribution in [3.63, 3.8) is 0 Å². The number of carbonyl (C=O) groups is 1. The largest absolute Gasteiger partial charge is 0.480 e. The molecule has 0 aliphatic carbocycles. The van der Waals surface area contributed by atoms with Crippen molar-refractivity contribution in [3.8, 4) is 0 Å². The smallest absolute Gasteiger partial charge is 0.424 e. The standard InChI is InChI=1S/C11H10F3N2O5S2/c1-7(2)10(17)15-8-3-5-9(6-4-8)22(18,19)16-23(20,21)11(12,13)14/h3-6H,1H2,2H3,(H,15,17)/q-1. The number of nitrogens with zero attached hydrogens (tertiary/aromatic N) is 1. The van der Waals surface area contributed by atoms with Crippen LogP contribution in [0.1, 0.15) is 6.92 Å². The Morgan fingerprint density at radius 1 is 1.13 bits per heavy atom. The van der Waals surface area contributed by atoms with Gasteiger partial charge in [-0.15, -0.1) is 0 Å². The third-order valence-electron chi connectivity index (χ3n) is 2.29. The van der Waals surface area contributed by atoms with Gasteiger partial charge in [-0.3, -0.25) is 4.79 Å². The van der Waals surface area contributed by atoms with Crippen molar-refractivity contribution in [2.45, 2.75) is 17.3 Å². The SMILES string of the molecule is C=C(C)C(=O)Nc1ccc(S(=O)(=O)[N-]S(=O)(=O)C(F)(F)F)cc1. The lowest BCUT2D eigenvalue weighted by molar-refractivity contribution is -0.112. The van der Waals surface area contributed by atoms with E-state index in [1.165, 1.54) is 6.92 Å². The van der Waals surface area contributed by atoms with Crippen LogP contribution in [0, 0.1) is 0 Å². The van der Waals surface area contributed by atoms with E-state index in [-0.39, 0.29) is 11.3 Å². The zero-order valence-electron chi connectivity index (χ0n) is 11.5. The Morgan fingerprint density at radius 2 is 1.61 bits per heavy atom. The molecule has 0 saturated heterocycles. The highest BCUT2D eigenvalue weighted by Crippen LogP contribution is 2.32. The number of hydrogen-bond acceptors (Lipinski definition) is 5. The van der Waals surface area contributed by atoms with E-state index in [0.717, 1.165) is 24.3 Å². The quantitative estimate of drug-likeness (QED) is 0.797. The Hall–Kier alpha value is -1.92. The van der Waals surface area contributed by atoms with Crippen LogP contribution in [0.3, 0.4) is 0 Å². The van der Waals surface area contributed by atoms with E-state index in [1.807, 2.05) is 4.13 Å². The second-order valence-corrected chi connectivity index (χ2v) is 7.66. The summed E-state index contributed by atoms with van der Waals surface area (Å²) in [6, 6.07) is 3.73. The molecule has 7 nitrogen and oxygen atoms in total. The molecular formula is C11H10F3N2O5S2-. The molecule has 0 fully saturated rings. The molecule has 0 saturated carbocycles. The van der Waals surface area contributed by atoms with Gasteiger partial charge in [0.1, 0.15) is 10.0 Å². The molecule has 0 bridgehead atoms. The number of benzene rings is 1. The maximum Gasteiger partial charge on any atom is 0.480 e. The molecule has 0 aliphatic rings. The number of alkyl halides is 3. The van der Waals surface area contributed by atoms with Crippen molar-refractivity contribution in [2.75, 3.05) is 5.32 Å². The molecule has 1 amide bonds. The summed E-state index contributed by atoms with van der Waals surface area (Å²) in [5, 5.41) is 2.33. The lowest BCUT2D eigenvalue weighted by Crippen LogP contribution is -2.24. The average Bonchev–Trinajstić information content (AvgIpc) is 2.36. The summed E-state index contributed by atoms with van der Waals surface area (Å²) in [7, 11) is -11.3. The number of carbonyl (C=O) groups excluding carboxylic acids is 1. The van der Waals surface area contributed by atoms with Gasteiger partial charge in [-0.2, -0.15) is 13.2 Å². The van der Waals surface area contributed by atoms with Crippen LogP contribution in [0.4, 0.5) is 18.9 Å². The number of nitrogens with one attached hydrogen (secondary N) is 1. The molecule has 128 valence electrons. The van der Waals surface area contributed by atoms with E-state index in [1.54, 1.807) is 0 Å². The third-order valence-corrected chi connectivity index (χ3v) is 5.31. The Balaban J connectivity index is 3.04. The van der Waals surface area contributed by atoms with Crippen LogP contribution >= 0.6 is 0 Å². The van der Waals surface area contributed by atoms with E-state index in [0.29, 0.717) is 0 Å².